The molecule has 0 spiro atoms. The molecular formula is C29H32FN3O2. The van der Waals surface area contributed by atoms with Crippen LogP contribution in [-0.2, 0) is 13.0 Å². The van der Waals surface area contributed by atoms with E-state index in [-0.39, 0.29) is 17.6 Å². The summed E-state index contributed by atoms with van der Waals surface area (Å²) in [7, 11) is 0. The van der Waals surface area contributed by atoms with E-state index in [1.54, 1.807) is 18.2 Å². The maximum absolute atomic E-state index is 13.2. The number of amides is 2. The second-order valence-electron chi connectivity index (χ2n) is 8.99. The molecule has 3 aromatic carbocycles. The summed E-state index contributed by atoms with van der Waals surface area (Å²) in [5.41, 5.74) is 4.56. The Labute approximate surface area is 206 Å². The quantitative estimate of drug-likeness (QED) is 0.404. The Bertz CT molecular complexity index is 1150. The number of benzene rings is 3. The summed E-state index contributed by atoms with van der Waals surface area (Å²) < 4.78 is 13.2. The highest BCUT2D eigenvalue weighted by Gasteiger charge is 2.20. The van der Waals surface area contributed by atoms with Crippen LogP contribution in [0.3, 0.4) is 0 Å². The number of nitrogens with zero attached hydrogens (tertiary/aromatic N) is 1. The average Bonchev–Trinajstić information content (AvgIpc) is 3.42. The first-order valence-corrected chi connectivity index (χ1v) is 12.4. The zero-order valence-electron chi connectivity index (χ0n) is 20.1. The van der Waals surface area contributed by atoms with Gasteiger partial charge in [0.1, 0.15) is 5.82 Å². The van der Waals surface area contributed by atoms with Gasteiger partial charge in [-0.3, -0.25) is 9.59 Å². The van der Waals surface area contributed by atoms with Gasteiger partial charge in [-0.05, 0) is 79.3 Å². The van der Waals surface area contributed by atoms with Gasteiger partial charge < -0.3 is 15.5 Å². The van der Waals surface area contributed by atoms with Crippen LogP contribution in [0.15, 0.2) is 66.7 Å². The molecule has 4 rings (SSSR count). The zero-order chi connectivity index (χ0) is 24.6. The molecule has 0 aromatic heterocycles. The Morgan fingerprint density at radius 3 is 2.26 bits per heavy atom. The van der Waals surface area contributed by atoms with E-state index in [9.17, 15) is 14.0 Å². The number of aryl methyl sites for hydroxylation is 1. The topological polar surface area (TPSA) is 61.4 Å². The van der Waals surface area contributed by atoms with Crippen molar-refractivity contribution in [1.82, 2.24) is 5.32 Å². The van der Waals surface area contributed by atoms with Crippen molar-refractivity contribution in [2.24, 2.45) is 0 Å². The number of unbranched alkanes of at least 4 members (excludes halogenated alkanes) is 1. The van der Waals surface area contributed by atoms with Gasteiger partial charge in [-0.25, -0.2) is 4.39 Å². The molecule has 1 aliphatic heterocycles. The first kappa shape index (κ1) is 24.5. The predicted octanol–water partition coefficient (Wildman–Crippen LogP) is 5.95. The fourth-order valence-electron chi connectivity index (χ4n) is 4.32. The van der Waals surface area contributed by atoms with E-state index in [0.717, 1.165) is 56.4 Å². The van der Waals surface area contributed by atoms with Crippen molar-refractivity contribution in [3.8, 4) is 0 Å². The van der Waals surface area contributed by atoms with Crippen LogP contribution in [0.5, 0.6) is 0 Å². The molecule has 5 nitrogen and oxygen atoms in total. The molecule has 1 aliphatic rings. The van der Waals surface area contributed by atoms with Gasteiger partial charge in [0.25, 0.3) is 11.8 Å². The number of hydrogen-bond donors (Lipinski definition) is 2. The summed E-state index contributed by atoms with van der Waals surface area (Å²) in [4.78, 5) is 28.2. The molecule has 1 heterocycles. The predicted molar refractivity (Wildman–Crippen MR) is 138 cm³/mol. The van der Waals surface area contributed by atoms with Crippen LogP contribution in [0, 0.1) is 5.82 Å². The molecule has 0 bridgehead atoms. The van der Waals surface area contributed by atoms with Gasteiger partial charge in [0.2, 0.25) is 0 Å². The summed E-state index contributed by atoms with van der Waals surface area (Å²) in [6.45, 7) is 4.25. The Hall–Kier alpha value is -3.67. The van der Waals surface area contributed by atoms with Crippen molar-refractivity contribution >= 4 is 23.2 Å². The van der Waals surface area contributed by atoms with Gasteiger partial charge in [-0.15, -0.1) is 0 Å². The Kier molecular flexibility index (Phi) is 8.14. The standard InChI is InChI=1S/C29H32FN3O2/c1-2-3-6-21-7-11-23(12-8-21)28(34)32-25-15-16-27(33-17-4-5-18-33)26(19-25)29(35)31-20-22-9-13-24(30)14-10-22/h7-16,19H,2-6,17-18,20H2,1H3,(H,31,35)(H,32,34). The molecule has 35 heavy (non-hydrogen) atoms. The van der Waals surface area contributed by atoms with Crippen molar-refractivity contribution in [2.75, 3.05) is 23.3 Å². The third-order valence-corrected chi connectivity index (χ3v) is 6.35. The maximum Gasteiger partial charge on any atom is 0.255 e. The van der Waals surface area contributed by atoms with Crippen LogP contribution in [0.4, 0.5) is 15.8 Å². The molecular weight excluding hydrogens is 441 g/mol. The molecule has 2 N–H and O–H groups in total. The van der Waals surface area contributed by atoms with Crippen LogP contribution in [0.2, 0.25) is 0 Å². The number of rotatable bonds is 9. The molecule has 0 atom stereocenters. The normalized spacial score (nSPS) is 13.0. The Morgan fingerprint density at radius 2 is 1.57 bits per heavy atom. The molecule has 0 unspecified atom stereocenters. The molecule has 182 valence electrons. The highest BCUT2D eigenvalue weighted by atomic mass is 19.1. The minimum atomic E-state index is -0.310. The highest BCUT2D eigenvalue weighted by Crippen LogP contribution is 2.28. The number of nitrogens with one attached hydrogen (secondary N) is 2. The zero-order valence-corrected chi connectivity index (χ0v) is 20.1. The second kappa shape index (κ2) is 11.6. The molecule has 0 aliphatic carbocycles. The summed E-state index contributed by atoms with van der Waals surface area (Å²) in [6, 6.07) is 19.2. The van der Waals surface area contributed by atoms with E-state index < -0.39 is 0 Å². The fraction of sp³-hybridized carbons (Fsp3) is 0.310. The van der Waals surface area contributed by atoms with Crippen LogP contribution in [-0.4, -0.2) is 24.9 Å². The third-order valence-electron chi connectivity index (χ3n) is 6.35. The number of carbonyl (C=O) groups excluding carboxylic acids is 2. The van der Waals surface area contributed by atoms with Gasteiger partial charge in [0.05, 0.1) is 5.56 Å². The number of hydrogen-bond acceptors (Lipinski definition) is 3. The number of anilines is 2. The van der Waals surface area contributed by atoms with Gasteiger partial charge >= 0.3 is 0 Å². The smallest absolute Gasteiger partial charge is 0.255 e. The van der Waals surface area contributed by atoms with Gasteiger partial charge in [0.15, 0.2) is 0 Å². The van der Waals surface area contributed by atoms with Crippen molar-refractivity contribution in [1.29, 1.82) is 0 Å². The average molecular weight is 474 g/mol. The first-order valence-electron chi connectivity index (χ1n) is 12.4. The lowest BCUT2D eigenvalue weighted by atomic mass is 10.1. The molecule has 0 saturated carbocycles. The van der Waals surface area contributed by atoms with E-state index in [1.807, 2.05) is 36.4 Å². The molecule has 1 saturated heterocycles. The summed E-state index contributed by atoms with van der Waals surface area (Å²) in [5.74, 6) is -0.748. The highest BCUT2D eigenvalue weighted by molar-refractivity contribution is 6.06. The summed E-state index contributed by atoms with van der Waals surface area (Å²) in [6.07, 6.45) is 5.44. The Balaban J connectivity index is 1.49. The molecule has 3 aromatic rings. The minimum Gasteiger partial charge on any atom is -0.371 e. The lowest BCUT2D eigenvalue weighted by molar-refractivity contribution is 0.0950. The second-order valence-corrected chi connectivity index (χ2v) is 8.99. The van der Waals surface area contributed by atoms with Gasteiger partial charge in [-0.1, -0.05) is 37.6 Å². The summed E-state index contributed by atoms with van der Waals surface area (Å²) >= 11 is 0. The largest absolute Gasteiger partial charge is 0.371 e. The lowest BCUT2D eigenvalue weighted by Crippen LogP contribution is -2.27. The van der Waals surface area contributed by atoms with Crippen molar-refractivity contribution in [3.05, 3.63) is 94.8 Å². The fourth-order valence-corrected chi connectivity index (χ4v) is 4.32. The van der Waals surface area contributed by atoms with Crippen LogP contribution in [0.1, 0.15) is 64.4 Å². The number of halogens is 1. The third kappa shape index (κ3) is 6.47. The molecule has 1 fully saturated rings. The van der Waals surface area contributed by atoms with Crippen molar-refractivity contribution < 1.29 is 14.0 Å². The molecule has 6 heteroatoms. The van der Waals surface area contributed by atoms with Crippen molar-refractivity contribution in [3.63, 3.8) is 0 Å². The minimum absolute atomic E-state index is 0.210. The van der Waals surface area contributed by atoms with Crippen molar-refractivity contribution in [2.45, 2.75) is 45.6 Å². The lowest BCUT2D eigenvalue weighted by Gasteiger charge is -2.22. The first-order chi connectivity index (χ1) is 17.0. The maximum atomic E-state index is 13.2. The SMILES string of the molecule is CCCCc1ccc(C(=O)Nc2ccc(N3CCCC3)c(C(=O)NCc3ccc(F)cc3)c2)cc1. The van der Waals surface area contributed by atoms with E-state index in [4.69, 9.17) is 0 Å². The molecule has 0 radical (unpaired) electrons. The van der Waals surface area contributed by atoms with E-state index >= 15 is 0 Å². The van der Waals surface area contributed by atoms with E-state index in [1.165, 1.54) is 17.7 Å². The Morgan fingerprint density at radius 1 is 0.886 bits per heavy atom. The van der Waals surface area contributed by atoms with Gasteiger partial charge in [0, 0.05) is 36.6 Å². The summed E-state index contributed by atoms with van der Waals surface area (Å²) in [5, 5.41) is 5.87. The molecule has 2 amide bonds. The monoisotopic (exact) mass is 473 g/mol. The van der Waals surface area contributed by atoms with Crippen LogP contribution in [0.25, 0.3) is 0 Å². The van der Waals surface area contributed by atoms with Crippen LogP contribution < -0.4 is 15.5 Å². The van der Waals surface area contributed by atoms with Crippen LogP contribution >= 0.6 is 0 Å². The number of carbonyl (C=O) groups is 2. The van der Waals surface area contributed by atoms with E-state index in [2.05, 4.69) is 22.5 Å². The van der Waals surface area contributed by atoms with E-state index in [0.29, 0.717) is 23.4 Å². The van der Waals surface area contributed by atoms with Gasteiger partial charge in [-0.2, -0.15) is 0 Å².